The lowest BCUT2D eigenvalue weighted by Crippen LogP contribution is -2.26. The number of carbonyl (C=O) groups excluding carboxylic acids is 1. The fraction of sp³-hybridized carbons (Fsp3) is 0.333. The Morgan fingerprint density at radius 3 is 2.59 bits per heavy atom. The van der Waals surface area contributed by atoms with Gasteiger partial charge in [0, 0.05) is 13.1 Å². The van der Waals surface area contributed by atoms with E-state index in [2.05, 4.69) is 18.3 Å². The molecular formula is C12H13ClN2OS. The summed E-state index contributed by atoms with van der Waals surface area (Å²) in [6.07, 6.45) is 2.16. The van der Waals surface area contributed by atoms with Crippen molar-refractivity contribution in [1.82, 2.24) is 4.90 Å². The molecular weight excluding hydrogens is 256 g/mol. The van der Waals surface area contributed by atoms with Gasteiger partial charge in [0.15, 0.2) is 0 Å². The van der Waals surface area contributed by atoms with Crippen molar-refractivity contribution in [3.8, 4) is 0 Å². The third-order valence-electron chi connectivity index (χ3n) is 2.73. The fourth-order valence-electron chi connectivity index (χ4n) is 1.87. The van der Waals surface area contributed by atoms with E-state index in [1.807, 2.05) is 4.90 Å². The van der Waals surface area contributed by atoms with Crippen LogP contribution in [0.4, 0.5) is 5.69 Å². The Kier molecular flexibility index (Phi) is 3.64. The molecule has 0 aromatic carbocycles. The van der Waals surface area contributed by atoms with Crippen molar-refractivity contribution >= 4 is 46.3 Å². The van der Waals surface area contributed by atoms with E-state index in [1.54, 1.807) is 6.07 Å². The zero-order valence-electron chi connectivity index (χ0n) is 9.41. The van der Waals surface area contributed by atoms with Gasteiger partial charge in [-0.3, -0.25) is 9.79 Å². The van der Waals surface area contributed by atoms with Crippen molar-refractivity contribution in [1.29, 1.82) is 0 Å². The molecule has 2 rings (SSSR count). The van der Waals surface area contributed by atoms with Crippen molar-refractivity contribution in [3.63, 3.8) is 0 Å². The van der Waals surface area contributed by atoms with Crippen LogP contribution in [0.3, 0.4) is 0 Å². The second-order valence-electron chi connectivity index (χ2n) is 3.89. The van der Waals surface area contributed by atoms with E-state index >= 15 is 0 Å². The molecule has 1 aliphatic rings. The standard InChI is InChI=1S/C12H13ClN2OS/c1-8(13)11-9(14-2)7-10(17-11)12(16)15-5-3-4-6-15/h7H,1-6H2. The van der Waals surface area contributed by atoms with Crippen molar-refractivity contribution in [2.75, 3.05) is 13.1 Å². The molecule has 1 aromatic rings. The van der Waals surface area contributed by atoms with Crippen LogP contribution in [0.1, 0.15) is 27.4 Å². The Morgan fingerprint density at radius 1 is 1.47 bits per heavy atom. The highest BCUT2D eigenvalue weighted by Crippen LogP contribution is 2.36. The highest BCUT2D eigenvalue weighted by molar-refractivity contribution is 7.16. The quantitative estimate of drug-likeness (QED) is 0.772. The molecule has 5 heteroatoms. The number of rotatable bonds is 3. The monoisotopic (exact) mass is 268 g/mol. The predicted molar refractivity (Wildman–Crippen MR) is 73.6 cm³/mol. The molecule has 1 fully saturated rings. The molecule has 1 saturated heterocycles. The molecule has 0 aliphatic carbocycles. The molecule has 90 valence electrons. The van der Waals surface area contributed by atoms with E-state index in [0.29, 0.717) is 15.6 Å². The number of likely N-dealkylation sites (tertiary alicyclic amines) is 1. The van der Waals surface area contributed by atoms with E-state index < -0.39 is 0 Å². The van der Waals surface area contributed by atoms with E-state index in [9.17, 15) is 4.79 Å². The van der Waals surface area contributed by atoms with Crippen LogP contribution in [0.5, 0.6) is 0 Å². The predicted octanol–water partition coefficient (Wildman–Crippen LogP) is 3.53. The van der Waals surface area contributed by atoms with E-state index in [-0.39, 0.29) is 5.91 Å². The summed E-state index contributed by atoms with van der Waals surface area (Å²) < 4.78 is 0. The summed E-state index contributed by atoms with van der Waals surface area (Å²) in [5.41, 5.74) is 0.637. The Morgan fingerprint density at radius 2 is 2.12 bits per heavy atom. The number of thiophene rings is 1. The molecule has 0 N–H and O–H groups in total. The molecule has 0 saturated carbocycles. The Bertz CT molecular complexity index is 475. The van der Waals surface area contributed by atoms with Gasteiger partial charge < -0.3 is 4.90 Å². The smallest absolute Gasteiger partial charge is 0.264 e. The summed E-state index contributed by atoms with van der Waals surface area (Å²) in [5, 5.41) is 0.401. The first-order valence-electron chi connectivity index (χ1n) is 5.38. The van der Waals surface area contributed by atoms with Gasteiger partial charge in [0.05, 0.1) is 20.5 Å². The maximum absolute atomic E-state index is 12.2. The van der Waals surface area contributed by atoms with Crippen LogP contribution in [0.25, 0.3) is 5.03 Å². The van der Waals surface area contributed by atoms with Gasteiger partial charge in [-0.2, -0.15) is 0 Å². The van der Waals surface area contributed by atoms with Crippen LogP contribution < -0.4 is 0 Å². The maximum atomic E-state index is 12.2. The number of amides is 1. The van der Waals surface area contributed by atoms with Gasteiger partial charge in [-0.15, -0.1) is 11.3 Å². The van der Waals surface area contributed by atoms with Gasteiger partial charge in [-0.1, -0.05) is 18.2 Å². The van der Waals surface area contributed by atoms with Crippen molar-refractivity contribution in [2.24, 2.45) is 4.99 Å². The zero-order chi connectivity index (χ0) is 12.4. The summed E-state index contributed by atoms with van der Waals surface area (Å²) in [5.74, 6) is 0.0570. The molecule has 3 nitrogen and oxygen atoms in total. The fourth-order valence-corrected chi connectivity index (χ4v) is 3.03. The number of halogens is 1. The Labute approximate surface area is 109 Å². The second kappa shape index (κ2) is 5.02. The third-order valence-corrected chi connectivity index (χ3v) is 4.21. The van der Waals surface area contributed by atoms with Gasteiger partial charge in [-0.05, 0) is 25.6 Å². The van der Waals surface area contributed by atoms with Crippen LogP contribution in [0.15, 0.2) is 17.6 Å². The van der Waals surface area contributed by atoms with Gasteiger partial charge >= 0.3 is 0 Å². The summed E-state index contributed by atoms with van der Waals surface area (Å²) in [4.78, 5) is 19.3. The first-order valence-corrected chi connectivity index (χ1v) is 6.57. The second-order valence-corrected chi connectivity index (χ2v) is 5.40. The lowest BCUT2D eigenvalue weighted by molar-refractivity contribution is 0.0797. The van der Waals surface area contributed by atoms with Crippen LogP contribution in [0, 0.1) is 0 Å². The minimum Gasteiger partial charge on any atom is -0.338 e. The topological polar surface area (TPSA) is 32.7 Å². The number of hydrogen-bond donors (Lipinski definition) is 0. The molecule has 0 spiro atoms. The van der Waals surface area contributed by atoms with Crippen LogP contribution in [-0.4, -0.2) is 30.6 Å². The highest BCUT2D eigenvalue weighted by atomic mass is 35.5. The molecule has 17 heavy (non-hydrogen) atoms. The first kappa shape index (κ1) is 12.3. The summed E-state index contributed by atoms with van der Waals surface area (Å²) in [7, 11) is 0. The van der Waals surface area contributed by atoms with Crippen LogP contribution in [0.2, 0.25) is 0 Å². The maximum Gasteiger partial charge on any atom is 0.264 e. The third kappa shape index (κ3) is 2.42. The lowest BCUT2D eigenvalue weighted by atomic mass is 10.3. The van der Waals surface area contributed by atoms with Crippen LogP contribution >= 0.6 is 22.9 Å². The molecule has 0 atom stereocenters. The Hall–Kier alpha value is -1.13. The van der Waals surface area contributed by atoms with E-state index in [1.165, 1.54) is 11.3 Å². The van der Waals surface area contributed by atoms with Crippen molar-refractivity contribution in [2.45, 2.75) is 12.8 Å². The lowest BCUT2D eigenvalue weighted by Gasteiger charge is -2.13. The van der Waals surface area contributed by atoms with Gasteiger partial charge in [0.1, 0.15) is 0 Å². The molecule has 0 bridgehead atoms. The van der Waals surface area contributed by atoms with Crippen LogP contribution in [-0.2, 0) is 0 Å². The van der Waals surface area contributed by atoms with Gasteiger partial charge in [-0.25, -0.2) is 0 Å². The normalized spacial score (nSPS) is 15.0. The summed E-state index contributed by atoms with van der Waals surface area (Å²) in [6, 6.07) is 1.74. The molecule has 1 aliphatic heterocycles. The number of hydrogen-bond acceptors (Lipinski definition) is 3. The van der Waals surface area contributed by atoms with E-state index in [4.69, 9.17) is 11.6 Å². The average Bonchev–Trinajstić information content (AvgIpc) is 2.97. The van der Waals surface area contributed by atoms with Crippen molar-refractivity contribution < 1.29 is 4.79 Å². The first-order chi connectivity index (χ1) is 8.13. The SMILES string of the molecule is C=Nc1cc(C(=O)N2CCCC2)sc1C(=C)Cl. The minimum atomic E-state index is 0.0570. The zero-order valence-corrected chi connectivity index (χ0v) is 11.0. The highest BCUT2D eigenvalue weighted by Gasteiger charge is 2.22. The summed E-state index contributed by atoms with van der Waals surface area (Å²) >= 11 is 7.20. The van der Waals surface area contributed by atoms with Gasteiger partial charge in [0.25, 0.3) is 5.91 Å². The largest absolute Gasteiger partial charge is 0.338 e. The average molecular weight is 269 g/mol. The number of carbonyl (C=O) groups is 1. The van der Waals surface area contributed by atoms with E-state index in [0.717, 1.165) is 30.8 Å². The van der Waals surface area contributed by atoms with Crippen molar-refractivity contribution in [3.05, 3.63) is 22.4 Å². The minimum absolute atomic E-state index is 0.0570. The molecule has 1 amide bonds. The number of aliphatic imine (C=N–C) groups is 1. The molecule has 0 radical (unpaired) electrons. The Balaban J connectivity index is 2.29. The molecule has 1 aromatic heterocycles. The molecule has 2 heterocycles. The summed E-state index contributed by atoms with van der Waals surface area (Å²) in [6.45, 7) is 8.82. The number of nitrogens with zero attached hydrogens (tertiary/aromatic N) is 2. The van der Waals surface area contributed by atoms with Gasteiger partial charge in [0.2, 0.25) is 0 Å². The molecule has 0 unspecified atom stereocenters.